The van der Waals surface area contributed by atoms with E-state index in [0.717, 1.165) is 11.1 Å². The quantitative estimate of drug-likeness (QED) is 0.725. The molecule has 1 unspecified atom stereocenters. The molecule has 1 heterocycles. The molecule has 1 amide bonds. The molecule has 0 fully saturated rings. The van der Waals surface area contributed by atoms with Crippen molar-refractivity contribution >= 4 is 17.6 Å². The van der Waals surface area contributed by atoms with Gasteiger partial charge in [0.1, 0.15) is 23.8 Å². The summed E-state index contributed by atoms with van der Waals surface area (Å²) in [5.74, 6) is -1.89. The molecule has 0 bridgehead atoms. The van der Waals surface area contributed by atoms with Crippen LogP contribution in [0.15, 0.2) is 42.5 Å². The second-order valence-electron chi connectivity index (χ2n) is 7.91. The van der Waals surface area contributed by atoms with E-state index in [0.29, 0.717) is 12.1 Å². The molecule has 0 aliphatic carbocycles. The molecular formula is C22H23F2NO3. The van der Waals surface area contributed by atoms with Crippen molar-refractivity contribution < 1.29 is 23.1 Å². The summed E-state index contributed by atoms with van der Waals surface area (Å²) >= 11 is 0. The Morgan fingerprint density at radius 2 is 1.75 bits per heavy atom. The van der Waals surface area contributed by atoms with Crippen LogP contribution in [0.1, 0.15) is 50.7 Å². The fraction of sp³-hybridized carbons (Fsp3) is 0.364. The zero-order valence-electron chi connectivity index (χ0n) is 16.2. The molecule has 148 valence electrons. The highest BCUT2D eigenvalue weighted by Gasteiger charge is 2.31. The van der Waals surface area contributed by atoms with Gasteiger partial charge in [-0.3, -0.25) is 9.59 Å². The molecular weight excluding hydrogens is 364 g/mol. The van der Waals surface area contributed by atoms with E-state index >= 15 is 0 Å². The number of nitrogens with zero attached hydrogens (tertiary/aromatic N) is 1. The second kappa shape index (κ2) is 7.70. The molecule has 1 atom stereocenters. The summed E-state index contributed by atoms with van der Waals surface area (Å²) in [6.07, 6.45) is 0.662. The summed E-state index contributed by atoms with van der Waals surface area (Å²) in [4.78, 5) is 26.4. The van der Waals surface area contributed by atoms with Gasteiger partial charge in [-0.25, -0.2) is 8.78 Å². The van der Waals surface area contributed by atoms with Crippen LogP contribution in [-0.2, 0) is 14.3 Å². The van der Waals surface area contributed by atoms with Crippen molar-refractivity contribution in [3.05, 3.63) is 65.2 Å². The first-order valence-corrected chi connectivity index (χ1v) is 9.21. The van der Waals surface area contributed by atoms with Crippen molar-refractivity contribution in [2.24, 2.45) is 0 Å². The molecule has 0 saturated heterocycles. The van der Waals surface area contributed by atoms with Crippen LogP contribution in [-0.4, -0.2) is 24.0 Å². The average molecular weight is 387 g/mol. The van der Waals surface area contributed by atoms with Gasteiger partial charge < -0.3 is 9.64 Å². The predicted molar refractivity (Wildman–Crippen MR) is 102 cm³/mol. The Morgan fingerprint density at radius 3 is 2.39 bits per heavy atom. The van der Waals surface area contributed by atoms with E-state index in [9.17, 15) is 18.4 Å². The van der Waals surface area contributed by atoms with Crippen LogP contribution in [0, 0.1) is 11.6 Å². The molecule has 0 radical (unpaired) electrons. The SMILES string of the molecule is CC(C)(C)OC(=O)CN1C(=O)CCC(c2ccc(F)cc2)c2ccc(F)cc21. The lowest BCUT2D eigenvalue weighted by Gasteiger charge is -2.26. The molecule has 2 aromatic rings. The summed E-state index contributed by atoms with van der Waals surface area (Å²) in [7, 11) is 0. The maximum atomic E-state index is 14.0. The van der Waals surface area contributed by atoms with Crippen molar-refractivity contribution in [2.75, 3.05) is 11.4 Å². The molecule has 1 aliphatic heterocycles. The second-order valence-corrected chi connectivity index (χ2v) is 7.91. The van der Waals surface area contributed by atoms with Gasteiger partial charge in [0.05, 0.1) is 5.69 Å². The van der Waals surface area contributed by atoms with Gasteiger partial charge >= 0.3 is 5.97 Å². The summed E-state index contributed by atoms with van der Waals surface area (Å²) in [5.41, 5.74) is 1.22. The first-order valence-electron chi connectivity index (χ1n) is 9.21. The Labute approximate surface area is 163 Å². The first kappa shape index (κ1) is 20.0. The number of esters is 1. The lowest BCUT2D eigenvalue weighted by atomic mass is 9.87. The average Bonchev–Trinajstić information content (AvgIpc) is 2.72. The van der Waals surface area contributed by atoms with Gasteiger partial charge in [0.2, 0.25) is 5.91 Å². The van der Waals surface area contributed by atoms with Crippen LogP contribution in [0.25, 0.3) is 0 Å². The van der Waals surface area contributed by atoms with Gasteiger partial charge in [0.15, 0.2) is 0 Å². The third-order valence-electron chi connectivity index (χ3n) is 4.59. The van der Waals surface area contributed by atoms with Gasteiger partial charge in [0.25, 0.3) is 0 Å². The Bertz CT molecular complexity index is 888. The maximum absolute atomic E-state index is 14.0. The van der Waals surface area contributed by atoms with Crippen molar-refractivity contribution in [3.8, 4) is 0 Å². The minimum atomic E-state index is -0.687. The van der Waals surface area contributed by atoms with E-state index in [1.54, 1.807) is 39.0 Å². The number of amides is 1. The Hall–Kier alpha value is -2.76. The highest BCUT2D eigenvalue weighted by Crippen LogP contribution is 2.39. The van der Waals surface area contributed by atoms with Crippen LogP contribution in [0.3, 0.4) is 0 Å². The predicted octanol–water partition coefficient (Wildman–Crippen LogP) is 4.57. The highest BCUT2D eigenvalue weighted by molar-refractivity contribution is 5.99. The van der Waals surface area contributed by atoms with E-state index in [4.69, 9.17) is 4.74 Å². The van der Waals surface area contributed by atoms with Gasteiger partial charge in [-0.05, 0) is 62.6 Å². The normalized spacial score (nSPS) is 17.1. The standard InChI is InChI=1S/C22H23F2NO3/c1-22(2,3)28-21(27)13-25-19-12-16(24)8-9-18(19)17(10-11-20(25)26)14-4-6-15(23)7-5-14/h4-9,12,17H,10-11,13H2,1-3H3. The molecule has 6 heteroatoms. The van der Waals surface area contributed by atoms with E-state index < -0.39 is 17.4 Å². The third-order valence-corrected chi connectivity index (χ3v) is 4.59. The van der Waals surface area contributed by atoms with Crippen molar-refractivity contribution in [1.29, 1.82) is 0 Å². The van der Waals surface area contributed by atoms with Crippen LogP contribution in [0.5, 0.6) is 0 Å². The molecule has 0 saturated carbocycles. The molecule has 0 aromatic heterocycles. The van der Waals surface area contributed by atoms with Crippen LogP contribution < -0.4 is 4.90 Å². The Balaban J connectivity index is 2.00. The number of carbonyl (C=O) groups excluding carboxylic acids is 2. The summed E-state index contributed by atoms with van der Waals surface area (Å²) in [5, 5.41) is 0. The van der Waals surface area contributed by atoms with Gasteiger partial charge in [0, 0.05) is 12.3 Å². The maximum Gasteiger partial charge on any atom is 0.326 e. The van der Waals surface area contributed by atoms with Crippen molar-refractivity contribution in [1.82, 2.24) is 0 Å². The molecule has 28 heavy (non-hydrogen) atoms. The first-order chi connectivity index (χ1) is 13.1. The smallest absolute Gasteiger partial charge is 0.326 e. The lowest BCUT2D eigenvalue weighted by Crippen LogP contribution is -2.38. The fourth-order valence-electron chi connectivity index (χ4n) is 3.46. The van der Waals surface area contributed by atoms with Gasteiger partial charge in [-0.15, -0.1) is 0 Å². The minimum absolute atomic E-state index is 0.182. The molecule has 3 rings (SSSR count). The number of anilines is 1. The molecule has 1 aliphatic rings. The number of carbonyl (C=O) groups is 2. The zero-order valence-corrected chi connectivity index (χ0v) is 16.2. The molecule has 2 aromatic carbocycles. The molecule has 4 nitrogen and oxygen atoms in total. The zero-order chi connectivity index (χ0) is 20.5. The number of ether oxygens (including phenoxy) is 1. The van der Waals surface area contributed by atoms with Crippen LogP contribution in [0.4, 0.5) is 14.5 Å². The van der Waals surface area contributed by atoms with E-state index in [1.807, 2.05) is 0 Å². The number of halogens is 2. The Morgan fingerprint density at radius 1 is 1.11 bits per heavy atom. The topological polar surface area (TPSA) is 46.6 Å². The number of rotatable bonds is 3. The monoisotopic (exact) mass is 387 g/mol. The number of hydrogen-bond donors (Lipinski definition) is 0. The Kier molecular flexibility index (Phi) is 5.49. The van der Waals surface area contributed by atoms with Crippen molar-refractivity contribution in [2.45, 2.75) is 45.1 Å². The van der Waals surface area contributed by atoms with E-state index in [2.05, 4.69) is 0 Å². The van der Waals surface area contributed by atoms with E-state index in [1.165, 1.54) is 29.2 Å². The number of fused-ring (bicyclic) bond motifs is 1. The summed E-state index contributed by atoms with van der Waals surface area (Å²) in [6.45, 7) is 4.94. The summed E-state index contributed by atoms with van der Waals surface area (Å²) in [6, 6.07) is 10.3. The van der Waals surface area contributed by atoms with E-state index in [-0.39, 0.29) is 30.6 Å². The number of benzene rings is 2. The largest absolute Gasteiger partial charge is 0.459 e. The molecule has 0 spiro atoms. The highest BCUT2D eigenvalue weighted by atomic mass is 19.1. The van der Waals surface area contributed by atoms with Crippen molar-refractivity contribution in [3.63, 3.8) is 0 Å². The van der Waals surface area contributed by atoms with Gasteiger partial charge in [-0.1, -0.05) is 18.2 Å². The summed E-state index contributed by atoms with van der Waals surface area (Å²) < 4.78 is 32.7. The fourth-order valence-corrected chi connectivity index (χ4v) is 3.46. The molecule has 0 N–H and O–H groups in total. The number of hydrogen-bond acceptors (Lipinski definition) is 3. The minimum Gasteiger partial charge on any atom is -0.459 e. The third kappa shape index (κ3) is 4.55. The van der Waals surface area contributed by atoms with Crippen LogP contribution >= 0.6 is 0 Å². The van der Waals surface area contributed by atoms with Crippen LogP contribution in [0.2, 0.25) is 0 Å². The lowest BCUT2D eigenvalue weighted by molar-refractivity contribution is -0.153. The van der Waals surface area contributed by atoms with Gasteiger partial charge in [-0.2, -0.15) is 0 Å².